The Morgan fingerprint density at radius 3 is 3.35 bits per heavy atom. The molecule has 0 aliphatic carbocycles. The third kappa shape index (κ3) is 3.45. The molecule has 2 rings (SSSR count). The van der Waals surface area contributed by atoms with Crippen molar-refractivity contribution in [3.05, 3.63) is 18.0 Å². The minimum atomic E-state index is -0.0784. The molecule has 1 fully saturated rings. The maximum absolute atomic E-state index is 11.9. The van der Waals surface area contributed by atoms with E-state index in [0.29, 0.717) is 19.7 Å². The number of amides is 2. The summed E-state index contributed by atoms with van der Waals surface area (Å²) in [7, 11) is 0. The van der Waals surface area contributed by atoms with Crippen molar-refractivity contribution in [1.29, 1.82) is 0 Å². The number of hydrogen-bond donors (Lipinski definition) is 1. The Balaban J connectivity index is 1.82. The van der Waals surface area contributed by atoms with Gasteiger partial charge in [0.15, 0.2) is 0 Å². The van der Waals surface area contributed by atoms with Gasteiger partial charge in [-0.15, -0.1) is 0 Å². The van der Waals surface area contributed by atoms with Crippen LogP contribution >= 0.6 is 0 Å². The van der Waals surface area contributed by atoms with Crippen LogP contribution in [-0.4, -0.2) is 41.9 Å². The van der Waals surface area contributed by atoms with Gasteiger partial charge in [-0.3, -0.25) is 0 Å². The number of hydrogen-bond acceptors (Lipinski definition) is 4. The second-order valence-electron chi connectivity index (χ2n) is 4.13. The van der Waals surface area contributed by atoms with Crippen molar-refractivity contribution in [2.75, 3.05) is 19.7 Å². The van der Waals surface area contributed by atoms with E-state index in [9.17, 15) is 4.79 Å². The van der Waals surface area contributed by atoms with Gasteiger partial charge in [-0.25, -0.2) is 4.79 Å². The zero-order valence-electron chi connectivity index (χ0n) is 9.89. The Morgan fingerprint density at radius 2 is 2.59 bits per heavy atom. The van der Waals surface area contributed by atoms with Crippen LogP contribution in [0, 0.1) is 0 Å². The van der Waals surface area contributed by atoms with Crippen molar-refractivity contribution >= 4 is 6.03 Å². The number of carbonyl (C=O) groups excluding carboxylic acids is 1. The van der Waals surface area contributed by atoms with Crippen LogP contribution in [0.3, 0.4) is 0 Å². The van der Waals surface area contributed by atoms with E-state index in [2.05, 4.69) is 10.5 Å². The van der Waals surface area contributed by atoms with Gasteiger partial charge in [0.05, 0.1) is 12.6 Å². The summed E-state index contributed by atoms with van der Waals surface area (Å²) in [6.07, 6.45) is 2.46. The molecule has 0 radical (unpaired) electrons. The largest absolute Gasteiger partial charge is 0.377 e. The van der Waals surface area contributed by atoms with Gasteiger partial charge in [0.25, 0.3) is 0 Å². The molecule has 2 amide bonds. The second-order valence-corrected chi connectivity index (χ2v) is 4.13. The van der Waals surface area contributed by atoms with Gasteiger partial charge in [0.1, 0.15) is 12.0 Å². The van der Waals surface area contributed by atoms with E-state index in [1.54, 1.807) is 11.0 Å². The molecule has 0 aromatic carbocycles. The minimum Gasteiger partial charge on any atom is -0.377 e. The van der Waals surface area contributed by atoms with Crippen molar-refractivity contribution in [3.8, 4) is 0 Å². The molecule has 6 heteroatoms. The van der Waals surface area contributed by atoms with Crippen LogP contribution in [0.15, 0.2) is 16.9 Å². The lowest BCUT2D eigenvalue weighted by molar-refractivity contribution is 0.0710. The number of urea groups is 1. The molecule has 0 spiro atoms. The number of nitrogens with one attached hydrogen (secondary N) is 1. The standard InChI is InChI=1S/C11H17N3O3/c1-9-8-14(4-2-5-16-9)11(15)12-7-10-3-6-17-13-10/h3,6,9H,2,4-5,7-8H2,1H3,(H,12,15)/t9-/m0/s1. The maximum atomic E-state index is 11.9. The lowest BCUT2D eigenvalue weighted by Crippen LogP contribution is -2.42. The van der Waals surface area contributed by atoms with Crippen molar-refractivity contribution in [2.45, 2.75) is 26.0 Å². The van der Waals surface area contributed by atoms with E-state index in [4.69, 9.17) is 9.26 Å². The summed E-state index contributed by atoms with van der Waals surface area (Å²) in [6, 6.07) is 1.65. The maximum Gasteiger partial charge on any atom is 0.317 e. The molecular formula is C11H17N3O3. The highest BCUT2D eigenvalue weighted by molar-refractivity contribution is 5.74. The van der Waals surface area contributed by atoms with Gasteiger partial charge in [0, 0.05) is 25.8 Å². The van der Waals surface area contributed by atoms with Crippen LogP contribution in [0.1, 0.15) is 19.0 Å². The third-order valence-electron chi connectivity index (χ3n) is 2.65. The highest BCUT2D eigenvalue weighted by atomic mass is 16.5. The summed E-state index contributed by atoms with van der Waals surface area (Å²) in [4.78, 5) is 13.7. The predicted molar refractivity (Wildman–Crippen MR) is 60.3 cm³/mol. The van der Waals surface area contributed by atoms with Gasteiger partial charge in [-0.1, -0.05) is 5.16 Å². The molecule has 1 aliphatic heterocycles. The van der Waals surface area contributed by atoms with Crippen LogP contribution in [0.4, 0.5) is 4.79 Å². The molecule has 94 valence electrons. The monoisotopic (exact) mass is 239 g/mol. The summed E-state index contributed by atoms with van der Waals surface area (Å²) in [5.41, 5.74) is 0.720. The van der Waals surface area contributed by atoms with E-state index in [1.165, 1.54) is 6.26 Å². The summed E-state index contributed by atoms with van der Waals surface area (Å²) >= 11 is 0. The molecule has 0 unspecified atom stereocenters. The van der Waals surface area contributed by atoms with Crippen molar-refractivity contribution in [1.82, 2.24) is 15.4 Å². The van der Waals surface area contributed by atoms with Crippen LogP contribution in [0.25, 0.3) is 0 Å². The highest BCUT2D eigenvalue weighted by Crippen LogP contribution is 2.05. The number of rotatable bonds is 2. The van der Waals surface area contributed by atoms with Gasteiger partial charge in [-0.2, -0.15) is 0 Å². The quantitative estimate of drug-likeness (QED) is 0.835. The Bertz CT molecular complexity index is 353. The summed E-state index contributed by atoms with van der Waals surface area (Å²) in [5.74, 6) is 0. The first-order chi connectivity index (χ1) is 8.25. The van der Waals surface area contributed by atoms with Crippen LogP contribution < -0.4 is 5.32 Å². The molecule has 1 saturated heterocycles. The van der Waals surface area contributed by atoms with E-state index >= 15 is 0 Å². The fraction of sp³-hybridized carbons (Fsp3) is 0.636. The van der Waals surface area contributed by atoms with Gasteiger partial charge in [0.2, 0.25) is 0 Å². The van der Waals surface area contributed by atoms with E-state index in [0.717, 1.165) is 18.7 Å². The van der Waals surface area contributed by atoms with Gasteiger partial charge >= 0.3 is 6.03 Å². The average Bonchev–Trinajstić information content (AvgIpc) is 2.74. The fourth-order valence-corrected chi connectivity index (χ4v) is 1.79. The molecule has 1 aliphatic rings. The molecule has 1 aromatic heterocycles. The topological polar surface area (TPSA) is 67.6 Å². The van der Waals surface area contributed by atoms with Gasteiger partial charge < -0.3 is 19.5 Å². The zero-order chi connectivity index (χ0) is 12.1. The van der Waals surface area contributed by atoms with Crippen LogP contribution in [0.2, 0.25) is 0 Å². The van der Waals surface area contributed by atoms with Crippen LogP contribution in [-0.2, 0) is 11.3 Å². The molecule has 0 saturated carbocycles. The summed E-state index contributed by atoms with van der Waals surface area (Å²) in [6.45, 7) is 4.44. The van der Waals surface area contributed by atoms with E-state index in [-0.39, 0.29) is 12.1 Å². The highest BCUT2D eigenvalue weighted by Gasteiger charge is 2.19. The SMILES string of the molecule is C[C@H]1CN(C(=O)NCc2ccon2)CCCO1. The predicted octanol–water partition coefficient (Wildman–Crippen LogP) is 0.995. The molecule has 0 bridgehead atoms. The molecular weight excluding hydrogens is 222 g/mol. The fourth-order valence-electron chi connectivity index (χ4n) is 1.79. The molecule has 17 heavy (non-hydrogen) atoms. The third-order valence-corrected chi connectivity index (χ3v) is 2.65. The van der Waals surface area contributed by atoms with E-state index < -0.39 is 0 Å². The first kappa shape index (κ1) is 11.9. The molecule has 1 N–H and O–H groups in total. The van der Waals surface area contributed by atoms with Crippen molar-refractivity contribution in [3.63, 3.8) is 0 Å². The lowest BCUT2D eigenvalue weighted by Gasteiger charge is -2.22. The zero-order valence-corrected chi connectivity index (χ0v) is 9.89. The Hall–Kier alpha value is -1.56. The smallest absolute Gasteiger partial charge is 0.317 e. The van der Waals surface area contributed by atoms with Gasteiger partial charge in [-0.05, 0) is 13.3 Å². The molecule has 1 aromatic rings. The molecule has 1 atom stereocenters. The lowest BCUT2D eigenvalue weighted by atomic mass is 10.3. The minimum absolute atomic E-state index is 0.0784. The number of carbonyl (C=O) groups is 1. The first-order valence-corrected chi connectivity index (χ1v) is 5.79. The summed E-state index contributed by atoms with van der Waals surface area (Å²) < 4.78 is 10.2. The number of aromatic nitrogens is 1. The van der Waals surface area contributed by atoms with Crippen molar-refractivity contribution < 1.29 is 14.1 Å². The number of nitrogens with zero attached hydrogens (tertiary/aromatic N) is 2. The first-order valence-electron chi connectivity index (χ1n) is 5.79. The average molecular weight is 239 g/mol. The second kappa shape index (κ2) is 5.67. The Labute approximate surface area is 99.9 Å². The Kier molecular flexibility index (Phi) is 3.98. The van der Waals surface area contributed by atoms with Crippen LogP contribution in [0.5, 0.6) is 0 Å². The molecule has 2 heterocycles. The number of ether oxygens (including phenoxy) is 1. The van der Waals surface area contributed by atoms with Crippen molar-refractivity contribution in [2.24, 2.45) is 0 Å². The summed E-state index contributed by atoms with van der Waals surface area (Å²) in [5, 5.41) is 6.55. The molecule has 6 nitrogen and oxygen atoms in total. The normalized spacial score (nSPS) is 21.0. The Morgan fingerprint density at radius 1 is 1.71 bits per heavy atom. The van der Waals surface area contributed by atoms with E-state index in [1.807, 2.05) is 6.92 Å².